The molecule has 0 heterocycles. The lowest BCUT2D eigenvalue weighted by molar-refractivity contribution is 0.789. The number of nitrogens with one attached hydrogen (secondary N) is 1. The third-order valence-electron chi connectivity index (χ3n) is 3.64. The molecule has 0 unspecified atom stereocenters. The minimum atomic E-state index is 0.194. The highest BCUT2D eigenvalue weighted by atomic mass is 16.3. The van der Waals surface area contributed by atoms with Crippen molar-refractivity contribution in [1.29, 1.82) is 0 Å². The second kappa shape index (κ2) is 10.2. The van der Waals surface area contributed by atoms with Crippen molar-refractivity contribution in [3.63, 3.8) is 0 Å². The molecule has 4 heteroatoms. The van der Waals surface area contributed by atoms with E-state index in [0.717, 1.165) is 28.0 Å². The van der Waals surface area contributed by atoms with E-state index in [-0.39, 0.29) is 6.54 Å². The van der Waals surface area contributed by atoms with Gasteiger partial charge in [0.2, 0.25) is 0 Å². The van der Waals surface area contributed by atoms with Crippen LogP contribution < -0.4 is 5.32 Å². The van der Waals surface area contributed by atoms with Crippen molar-refractivity contribution in [3.05, 3.63) is 82.6 Å². The summed E-state index contributed by atoms with van der Waals surface area (Å²) in [6.45, 7) is 16.7. The zero-order valence-corrected chi connectivity index (χ0v) is 15.6. The topological polar surface area (TPSA) is 53.8 Å². The van der Waals surface area contributed by atoms with Gasteiger partial charge in [-0.05, 0) is 44.4 Å². The number of benzene rings is 1. The lowest BCUT2D eigenvalue weighted by atomic mass is 10.0. The molecule has 0 amide bonds. The number of hydrogen-bond acceptors (Lipinski definition) is 4. The van der Waals surface area contributed by atoms with Crippen molar-refractivity contribution in [2.45, 2.75) is 27.7 Å². The van der Waals surface area contributed by atoms with Crippen molar-refractivity contribution in [1.82, 2.24) is 5.32 Å². The van der Waals surface area contributed by atoms with E-state index in [4.69, 9.17) is 0 Å². The van der Waals surface area contributed by atoms with Crippen molar-refractivity contribution < 1.29 is 0 Å². The molecule has 0 fully saturated rings. The number of aryl methyl sites for hydroxylation is 1. The average Bonchev–Trinajstić information content (AvgIpc) is 2.55. The highest BCUT2D eigenvalue weighted by Gasteiger charge is 2.03. The Hall–Kier alpha value is -2.75. The van der Waals surface area contributed by atoms with Gasteiger partial charge in [0.25, 0.3) is 0 Å². The number of nitrogens with zero attached hydrogens (tertiary/aromatic N) is 2. The Balaban J connectivity index is 2.88. The summed E-state index contributed by atoms with van der Waals surface area (Å²) in [5.74, 6) is 0.519. The molecule has 0 spiro atoms. The quantitative estimate of drug-likeness (QED) is 0.292. The zero-order valence-electron chi connectivity index (χ0n) is 15.6. The molecule has 1 rings (SSSR count). The van der Waals surface area contributed by atoms with Gasteiger partial charge >= 0.3 is 0 Å². The van der Waals surface area contributed by atoms with Crippen LogP contribution in [-0.4, -0.2) is 18.8 Å². The van der Waals surface area contributed by atoms with Crippen molar-refractivity contribution in [2.75, 3.05) is 13.1 Å². The standard InChI is InChI=1S/C21H27N3O/c1-15(2)21(18(5)24-19(6)22-13-14-23-25)12-9-17(4)20-10-7-16(3)8-11-20/h7-12,22H,4,6,13-14H2,1-3,5H3/b12-9-,24-18-. The molecule has 25 heavy (non-hydrogen) atoms. The molecule has 1 N–H and O–H groups in total. The minimum Gasteiger partial charge on any atom is -0.369 e. The predicted octanol–water partition coefficient (Wildman–Crippen LogP) is 5.19. The smallest absolute Gasteiger partial charge is 0.119 e. The average molecular weight is 337 g/mol. The van der Waals surface area contributed by atoms with Crippen LogP contribution >= 0.6 is 0 Å². The summed E-state index contributed by atoms with van der Waals surface area (Å²) >= 11 is 0. The number of nitroso groups, excluding NO2 is 1. The first kappa shape index (κ1) is 20.3. The normalized spacial score (nSPS) is 11.3. The van der Waals surface area contributed by atoms with Gasteiger partial charge in [-0.15, -0.1) is 0 Å². The van der Waals surface area contributed by atoms with Gasteiger partial charge in [-0.2, -0.15) is 4.91 Å². The van der Waals surface area contributed by atoms with E-state index in [1.807, 2.05) is 32.9 Å². The first-order valence-electron chi connectivity index (χ1n) is 8.24. The van der Waals surface area contributed by atoms with Crippen LogP contribution in [0.15, 0.2) is 76.7 Å². The van der Waals surface area contributed by atoms with Crippen LogP contribution in [0.4, 0.5) is 0 Å². The Morgan fingerprint density at radius 1 is 1.12 bits per heavy atom. The summed E-state index contributed by atoms with van der Waals surface area (Å²) in [6, 6.07) is 8.29. The molecule has 0 radical (unpaired) electrons. The molecule has 0 aliphatic carbocycles. The summed E-state index contributed by atoms with van der Waals surface area (Å²) in [5, 5.41) is 5.77. The van der Waals surface area contributed by atoms with Gasteiger partial charge in [0.15, 0.2) is 0 Å². The Kier molecular flexibility index (Phi) is 8.27. The third kappa shape index (κ3) is 7.12. The maximum Gasteiger partial charge on any atom is 0.119 e. The van der Waals surface area contributed by atoms with E-state index in [0.29, 0.717) is 12.4 Å². The number of allylic oxidation sites excluding steroid dienone is 5. The molecule has 1 aromatic carbocycles. The van der Waals surface area contributed by atoms with E-state index >= 15 is 0 Å². The summed E-state index contributed by atoms with van der Waals surface area (Å²) in [7, 11) is 0. The highest BCUT2D eigenvalue weighted by molar-refractivity contribution is 6.02. The molecule has 0 atom stereocenters. The minimum absolute atomic E-state index is 0.194. The summed E-state index contributed by atoms with van der Waals surface area (Å²) in [4.78, 5) is 14.6. The van der Waals surface area contributed by atoms with Crippen molar-refractivity contribution in [2.24, 2.45) is 10.2 Å². The zero-order chi connectivity index (χ0) is 18.8. The predicted molar refractivity (Wildman–Crippen MR) is 109 cm³/mol. The van der Waals surface area contributed by atoms with Crippen LogP contribution in [0.25, 0.3) is 5.57 Å². The molecule has 4 nitrogen and oxygen atoms in total. The molecule has 1 aromatic rings. The van der Waals surface area contributed by atoms with Crippen LogP contribution in [0.3, 0.4) is 0 Å². The largest absolute Gasteiger partial charge is 0.369 e. The lowest BCUT2D eigenvalue weighted by Crippen LogP contribution is -2.16. The Bertz CT molecular complexity index is 718. The molecule has 0 aromatic heterocycles. The second-order valence-electron chi connectivity index (χ2n) is 6.06. The summed E-state index contributed by atoms with van der Waals surface area (Å²) < 4.78 is 0. The van der Waals surface area contributed by atoms with Gasteiger partial charge in [-0.25, -0.2) is 4.99 Å². The van der Waals surface area contributed by atoms with E-state index in [2.05, 4.69) is 59.8 Å². The van der Waals surface area contributed by atoms with Gasteiger partial charge in [-0.3, -0.25) is 0 Å². The molecule has 0 saturated heterocycles. The van der Waals surface area contributed by atoms with Gasteiger partial charge in [-0.1, -0.05) is 65.9 Å². The molecular formula is C21H27N3O. The van der Waals surface area contributed by atoms with Crippen LogP contribution in [0.5, 0.6) is 0 Å². The molecule has 132 valence electrons. The number of rotatable bonds is 9. The number of hydrogen-bond donors (Lipinski definition) is 1. The van der Waals surface area contributed by atoms with Crippen molar-refractivity contribution >= 4 is 11.3 Å². The van der Waals surface area contributed by atoms with Gasteiger partial charge < -0.3 is 5.32 Å². The Labute approximate surface area is 150 Å². The van der Waals surface area contributed by atoms with E-state index < -0.39 is 0 Å². The summed E-state index contributed by atoms with van der Waals surface area (Å²) in [6.07, 6.45) is 4.02. The molecule has 0 aliphatic heterocycles. The van der Waals surface area contributed by atoms with E-state index in [1.165, 1.54) is 5.56 Å². The monoisotopic (exact) mass is 337 g/mol. The lowest BCUT2D eigenvalue weighted by Gasteiger charge is -2.08. The van der Waals surface area contributed by atoms with Crippen molar-refractivity contribution in [3.8, 4) is 0 Å². The van der Waals surface area contributed by atoms with Crippen LogP contribution in [0.1, 0.15) is 31.9 Å². The Morgan fingerprint density at radius 2 is 1.76 bits per heavy atom. The van der Waals surface area contributed by atoms with Crippen LogP contribution in [0, 0.1) is 11.8 Å². The fraction of sp³-hybridized carbons (Fsp3) is 0.286. The fourth-order valence-corrected chi connectivity index (χ4v) is 2.24. The maximum atomic E-state index is 10.1. The fourth-order valence-electron chi connectivity index (χ4n) is 2.24. The van der Waals surface area contributed by atoms with Gasteiger partial charge in [0.1, 0.15) is 5.82 Å². The SMILES string of the molecule is C=C(/N=C(/C)C(/C=C\C(=C)c1ccc(C)cc1)=C(C)C)NCCN=O. The molecule has 0 aliphatic rings. The second-order valence-corrected chi connectivity index (χ2v) is 6.06. The molecular weight excluding hydrogens is 310 g/mol. The van der Waals surface area contributed by atoms with Gasteiger partial charge in [0.05, 0.1) is 6.54 Å². The first-order chi connectivity index (χ1) is 11.8. The van der Waals surface area contributed by atoms with E-state index in [1.54, 1.807) is 0 Å². The Morgan fingerprint density at radius 3 is 2.32 bits per heavy atom. The van der Waals surface area contributed by atoms with Crippen LogP contribution in [-0.2, 0) is 0 Å². The highest BCUT2D eigenvalue weighted by Crippen LogP contribution is 2.17. The van der Waals surface area contributed by atoms with Gasteiger partial charge in [0, 0.05) is 12.3 Å². The number of aliphatic imine (C=N–C) groups is 1. The third-order valence-corrected chi connectivity index (χ3v) is 3.64. The maximum absolute atomic E-state index is 10.1. The molecule has 0 saturated carbocycles. The first-order valence-corrected chi connectivity index (χ1v) is 8.24. The summed E-state index contributed by atoms with van der Waals surface area (Å²) in [5.41, 5.74) is 6.30. The molecule has 0 bridgehead atoms. The van der Waals surface area contributed by atoms with Crippen LogP contribution in [0.2, 0.25) is 0 Å². The van der Waals surface area contributed by atoms with E-state index in [9.17, 15) is 4.91 Å².